The SMILES string of the molecule is Cc1ccc(C(=O)C2CCCC2)c(NC(=O)Nc2n[c]cs2)c1. The lowest BCUT2D eigenvalue weighted by Crippen LogP contribution is -2.22. The molecule has 1 radical (unpaired) electrons. The first kappa shape index (κ1) is 15.7. The highest BCUT2D eigenvalue weighted by Crippen LogP contribution is 2.31. The highest BCUT2D eigenvalue weighted by atomic mass is 32.1. The van der Waals surface area contributed by atoms with Crippen molar-refractivity contribution < 1.29 is 9.59 Å². The van der Waals surface area contributed by atoms with Gasteiger partial charge in [0, 0.05) is 16.9 Å². The van der Waals surface area contributed by atoms with Gasteiger partial charge in [0.1, 0.15) is 6.20 Å². The Morgan fingerprint density at radius 1 is 1.26 bits per heavy atom. The third kappa shape index (κ3) is 3.76. The van der Waals surface area contributed by atoms with E-state index in [2.05, 4.69) is 21.8 Å². The highest BCUT2D eigenvalue weighted by Gasteiger charge is 2.26. The van der Waals surface area contributed by atoms with E-state index in [0.717, 1.165) is 31.2 Å². The number of nitrogens with zero attached hydrogens (tertiary/aromatic N) is 1. The Morgan fingerprint density at radius 2 is 2.04 bits per heavy atom. The van der Waals surface area contributed by atoms with E-state index in [1.807, 2.05) is 25.1 Å². The van der Waals surface area contributed by atoms with Gasteiger partial charge in [0.15, 0.2) is 10.9 Å². The van der Waals surface area contributed by atoms with Gasteiger partial charge in [0.2, 0.25) is 0 Å². The lowest BCUT2D eigenvalue weighted by molar-refractivity contribution is 0.0924. The van der Waals surface area contributed by atoms with Crippen LogP contribution in [0.3, 0.4) is 0 Å². The molecule has 0 spiro atoms. The molecule has 0 saturated heterocycles. The molecule has 3 rings (SSSR count). The van der Waals surface area contributed by atoms with Crippen molar-refractivity contribution in [3.05, 3.63) is 40.9 Å². The third-order valence-electron chi connectivity index (χ3n) is 4.02. The Labute approximate surface area is 139 Å². The number of thiazole rings is 1. The van der Waals surface area contributed by atoms with E-state index < -0.39 is 6.03 Å². The molecule has 0 atom stereocenters. The van der Waals surface area contributed by atoms with Gasteiger partial charge in [0.25, 0.3) is 0 Å². The molecular weight excluding hydrogens is 310 g/mol. The molecule has 1 fully saturated rings. The number of nitrogens with one attached hydrogen (secondary N) is 2. The van der Waals surface area contributed by atoms with E-state index in [-0.39, 0.29) is 11.7 Å². The number of anilines is 2. The van der Waals surface area contributed by atoms with Crippen LogP contribution in [0.15, 0.2) is 23.6 Å². The van der Waals surface area contributed by atoms with E-state index in [1.54, 1.807) is 5.38 Å². The molecule has 1 heterocycles. The van der Waals surface area contributed by atoms with Gasteiger partial charge in [-0.1, -0.05) is 18.9 Å². The van der Waals surface area contributed by atoms with Gasteiger partial charge in [-0.25, -0.2) is 9.78 Å². The summed E-state index contributed by atoms with van der Waals surface area (Å²) >= 11 is 1.29. The lowest BCUT2D eigenvalue weighted by Gasteiger charge is -2.14. The van der Waals surface area contributed by atoms with Crippen LogP contribution in [-0.4, -0.2) is 16.8 Å². The number of ketones is 1. The van der Waals surface area contributed by atoms with E-state index in [0.29, 0.717) is 16.4 Å². The number of benzene rings is 1. The molecule has 1 aromatic carbocycles. The predicted octanol–water partition coefficient (Wildman–Crippen LogP) is 4.27. The van der Waals surface area contributed by atoms with Crippen molar-refractivity contribution in [1.29, 1.82) is 0 Å². The fraction of sp³-hybridized carbons (Fsp3) is 0.353. The largest absolute Gasteiger partial charge is 0.325 e. The molecule has 0 bridgehead atoms. The highest BCUT2D eigenvalue weighted by molar-refractivity contribution is 7.13. The molecule has 119 valence electrons. The number of Topliss-reactive ketones (excluding diaryl/α,β-unsaturated/α-hetero) is 1. The van der Waals surface area contributed by atoms with Crippen molar-refractivity contribution in [2.45, 2.75) is 32.6 Å². The minimum Gasteiger partial charge on any atom is -0.307 e. The second-order valence-corrected chi connectivity index (χ2v) is 6.61. The molecule has 2 aromatic rings. The number of aromatic nitrogens is 1. The Balaban J connectivity index is 1.78. The standard InChI is InChI=1S/C17H18N3O2S/c1-11-6-7-13(15(21)12-4-2-3-5-12)14(10-11)19-16(22)20-17-18-8-9-23-17/h6-7,9-10,12H,2-5H2,1H3,(H2,18,19,20,22). The van der Waals surface area contributed by atoms with Gasteiger partial charge in [-0.05, 0) is 37.5 Å². The number of hydrogen-bond donors (Lipinski definition) is 2. The Hall–Kier alpha value is -2.21. The molecule has 0 aliphatic heterocycles. The van der Waals surface area contributed by atoms with Gasteiger partial charge in [-0.3, -0.25) is 10.1 Å². The zero-order chi connectivity index (χ0) is 16.2. The average molecular weight is 328 g/mol. The summed E-state index contributed by atoms with van der Waals surface area (Å²) in [5.41, 5.74) is 2.13. The second kappa shape index (κ2) is 6.91. The molecule has 5 nitrogen and oxygen atoms in total. The van der Waals surface area contributed by atoms with Crippen LogP contribution in [0.2, 0.25) is 0 Å². The van der Waals surface area contributed by atoms with E-state index >= 15 is 0 Å². The predicted molar refractivity (Wildman–Crippen MR) is 91.1 cm³/mol. The number of carbonyl (C=O) groups is 2. The van der Waals surface area contributed by atoms with Crippen molar-refractivity contribution in [2.24, 2.45) is 5.92 Å². The molecular formula is C17H18N3O2S. The van der Waals surface area contributed by atoms with Crippen LogP contribution in [-0.2, 0) is 0 Å². The summed E-state index contributed by atoms with van der Waals surface area (Å²) in [7, 11) is 0. The van der Waals surface area contributed by atoms with Crippen LogP contribution in [0.1, 0.15) is 41.6 Å². The Bertz CT molecular complexity index is 707. The normalized spacial score (nSPS) is 14.7. The number of rotatable bonds is 4. The summed E-state index contributed by atoms with van der Waals surface area (Å²) in [5.74, 6) is 0.204. The number of amides is 2. The fourth-order valence-electron chi connectivity index (χ4n) is 2.89. The van der Waals surface area contributed by atoms with Gasteiger partial charge >= 0.3 is 6.03 Å². The topological polar surface area (TPSA) is 71.1 Å². The van der Waals surface area contributed by atoms with Crippen molar-refractivity contribution in [3.63, 3.8) is 0 Å². The van der Waals surface area contributed by atoms with Crippen molar-refractivity contribution in [1.82, 2.24) is 4.98 Å². The Morgan fingerprint density at radius 3 is 2.74 bits per heavy atom. The van der Waals surface area contributed by atoms with Crippen LogP contribution in [0, 0.1) is 19.0 Å². The minimum absolute atomic E-state index is 0.0786. The summed E-state index contributed by atoms with van der Waals surface area (Å²) < 4.78 is 0. The molecule has 2 amide bonds. The first-order valence-corrected chi connectivity index (χ1v) is 8.56. The summed E-state index contributed by atoms with van der Waals surface area (Å²) in [6, 6.07) is 5.14. The van der Waals surface area contributed by atoms with Crippen LogP contribution in [0.5, 0.6) is 0 Å². The first-order valence-electron chi connectivity index (χ1n) is 7.68. The summed E-state index contributed by atoms with van der Waals surface area (Å²) in [6.45, 7) is 1.93. The fourth-order valence-corrected chi connectivity index (χ4v) is 3.36. The van der Waals surface area contributed by atoms with Crippen LogP contribution >= 0.6 is 11.3 Å². The van der Waals surface area contributed by atoms with Gasteiger partial charge < -0.3 is 5.32 Å². The third-order valence-corrected chi connectivity index (χ3v) is 4.66. The van der Waals surface area contributed by atoms with Gasteiger partial charge in [0.05, 0.1) is 5.69 Å². The number of carbonyl (C=O) groups excluding carboxylic acids is 2. The van der Waals surface area contributed by atoms with Gasteiger partial charge in [-0.15, -0.1) is 11.3 Å². The summed E-state index contributed by atoms with van der Waals surface area (Å²) in [5, 5.41) is 7.55. The van der Waals surface area contributed by atoms with E-state index in [9.17, 15) is 9.59 Å². The monoisotopic (exact) mass is 328 g/mol. The molecule has 1 saturated carbocycles. The maximum absolute atomic E-state index is 12.7. The number of aryl methyl sites for hydroxylation is 1. The quantitative estimate of drug-likeness (QED) is 0.823. The van der Waals surface area contributed by atoms with Crippen molar-refractivity contribution in [3.8, 4) is 0 Å². The maximum Gasteiger partial charge on any atom is 0.325 e. The molecule has 1 aliphatic carbocycles. The first-order chi connectivity index (χ1) is 11.1. The van der Waals surface area contributed by atoms with Crippen LogP contribution < -0.4 is 10.6 Å². The molecule has 0 unspecified atom stereocenters. The van der Waals surface area contributed by atoms with Crippen molar-refractivity contribution in [2.75, 3.05) is 10.6 Å². The van der Waals surface area contributed by atoms with E-state index in [4.69, 9.17) is 0 Å². The van der Waals surface area contributed by atoms with Crippen LogP contribution in [0.25, 0.3) is 0 Å². The van der Waals surface area contributed by atoms with Crippen LogP contribution in [0.4, 0.5) is 15.6 Å². The molecule has 1 aromatic heterocycles. The smallest absolute Gasteiger partial charge is 0.307 e. The maximum atomic E-state index is 12.7. The minimum atomic E-state index is -0.403. The molecule has 23 heavy (non-hydrogen) atoms. The number of urea groups is 1. The second-order valence-electron chi connectivity index (χ2n) is 5.76. The molecule has 2 N–H and O–H groups in total. The number of hydrogen-bond acceptors (Lipinski definition) is 4. The van der Waals surface area contributed by atoms with Gasteiger partial charge in [-0.2, -0.15) is 0 Å². The molecule has 6 heteroatoms. The van der Waals surface area contributed by atoms with Crippen molar-refractivity contribution >= 4 is 34.0 Å². The summed E-state index contributed by atoms with van der Waals surface area (Å²) in [4.78, 5) is 28.7. The zero-order valence-electron chi connectivity index (χ0n) is 12.9. The summed E-state index contributed by atoms with van der Waals surface area (Å²) in [6.07, 6.45) is 6.73. The average Bonchev–Trinajstić information content (AvgIpc) is 3.20. The lowest BCUT2D eigenvalue weighted by atomic mass is 9.94. The molecule has 1 aliphatic rings. The zero-order valence-corrected chi connectivity index (χ0v) is 13.7. The Kier molecular flexibility index (Phi) is 4.71. The van der Waals surface area contributed by atoms with E-state index in [1.165, 1.54) is 11.3 Å².